The number of benzene rings is 4. The molecule has 6 rings (SSSR count). The van der Waals surface area contributed by atoms with Gasteiger partial charge in [-0.25, -0.2) is 4.98 Å². The molecule has 0 bridgehead atoms. The minimum absolute atomic E-state index is 0.101. The Labute approximate surface area is 248 Å². The van der Waals surface area contributed by atoms with Crippen molar-refractivity contribution in [2.75, 3.05) is 5.32 Å². The maximum absolute atomic E-state index is 11.9. The third-order valence-corrected chi connectivity index (χ3v) is 7.98. The van der Waals surface area contributed by atoms with Crippen LogP contribution in [0.1, 0.15) is 48.6 Å². The molecule has 1 aliphatic heterocycles. The third-order valence-electron chi connectivity index (χ3n) is 7.98. The number of nitrogens with one attached hydrogen (secondary N) is 1. The second kappa shape index (κ2) is 13.0. The Morgan fingerprint density at radius 2 is 1.43 bits per heavy atom. The monoisotopic (exact) mass is 554 g/mol. The van der Waals surface area contributed by atoms with Crippen molar-refractivity contribution in [2.45, 2.75) is 58.8 Å². The summed E-state index contributed by atoms with van der Waals surface area (Å²) in [5.74, 6) is 1.13. The van der Waals surface area contributed by atoms with Crippen molar-refractivity contribution in [2.24, 2.45) is 0 Å². The molecule has 1 N–H and O–H groups in total. The maximum Gasteiger partial charge on any atom is 0.224 e. The van der Waals surface area contributed by atoms with Crippen LogP contribution in [0.4, 0.5) is 5.69 Å². The molecule has 0 unspecified atom stereocenters. The second-order valence-electron chi connectivity index (χ2n) is 11.1. The van der Waals surface area contributed by atoms with E-state index in [-0.39, 0.29) is 5.91 Å². The quantitative estimate of drug-likeness (QED) is 0.179. The molecular weight excluding hydrogens is 516 g/mol. The van der Waals surface area contributed by atoms with E-state index in [1.807, 2.05) is 0 Å². The summed E-state index contributed by atoms with van der Waals surface area (Å²) >= 11 is 0. The van der Waals surface area contributed by atoms with Gasteiger partial charge in [0.1, 0.15) is 5.82 Å². The summed E-state index contributed by atoms with van der Waals surface area (Å²) < 4.78 is 2.46. The number of imidazole rings is 1. The number of aryl methyl sites for hydroxylation is 1. The normalized spacial score (nSPS) is 12.8. The van der Waals surface area contributed by atoms with Crippen molar-refractivity contribution in [3.05, 3.63) is 132 Å². The van der Waals surface area contributed by atoms with Gasteiger partial charge in [-0.15, -0.1) is 0 Å². The fourth-order valence-electron chi connectivity index (χ4n) is 5.85. The molecule has 5 nitrogen and oxygen atoms in total. The van der Waals surface area contributed by atoms with Crippen LogP contribution in [-0.4, -0.2) is 20.4 Å². The minimum Gasteiger partial charge on any atom is -0.326 e. The molecule has 4 aromatic carbocycles. The lowest BCUT2D eigenvalue weighted by Crippen LogP contribution is -2.25. The molecule has 0 aliphatic carbocycles. The van der Waals surface area contributed by atoms with Gasteiger partial charge in [0.15, 0.2) is 0 Å². The van der Waals surface area contributed by atoms with Gasteiger partial charge in [-0.3, -0.25) is 9.69 Å². The number of nitrogens with zero attached hydrogens (tertiary/aromatic N) is 3. The fourth-order valence-corrected chi connectivity index (χ4v) is 5.85. The Morgan fingerprint density at radius 1 is 0.762 bits per heavy atom. The molecule has 5 heteroatoms. The van der Waals surface area contributed by atoms with E-state index < -0.39 is 0 Å². The van der Waals surface area contributed by atoms with Crippen LogP contribution in [0, 0.1) is 0 Å². The Kier molecular flexibility index (Phi) is 8.57. The Bertz CT molecular complexity index is 1630. The van der Waals surface area contributed by atoms with Gasteiger partial charge in [0.25, 0.3) is 0 Å². The van der Waals surface area contributed by atoms with E-state index in [4.69, 9.17) is 4.98 Å². The lowest BCUT2D eigenvalue weighted by atomic mass is 10.00. The smallest absolute Gasteiger partial charge is 0.224 e. The van der Waals surface area contributed by atoms with Crippen molar-refractivity contribution < 1.29 is 4.79 Å². The first kappa shape index (κ1) is 27.7. The van der Waals surface area contributed by atoms with Gasteiger partial charge in [0.2, 0.25) is 5.91 Å². The molecule has 0 radical (unpaired) electrons. The molecule has 2 heterocycles. The number of hydrogen-bond donors (Lipinski definition) is 1. The topological polar surface area (TPSA) is 50.2 Å². The zero-order valence-corrected chi connectivity index (χ0v) is 24.3. The first-order valence-electron chi connectivity index (χ1n) is 15.1. The molecule has 0 spiro atoms. The van der Waals surface area contributed by atoms with Gasteiger partial charge in [-0.1, -0.05) is 116 Å². The molecular formula is C37H38N4O. The molecule has 1 aliphatic rings. The summed E-state index contributed by atoms with van der Waals surface area (Å²) in [6.07, 6.45) is 3.54. The van der Waals surface area contributed by atoms with Gasteiger partial charge in [-0.2, -0.15) is 0 Å². The lowest BCUT2D eigenvalue weighted by Gasteiger charge is -2.25. The predicted octanol–water partition coefficient (Wildman–Crippen LogP) is 8.10. The highest BCUT2D eigenvalue weighted by Crippen LogP contribution is 2.32. The van der Waals surface area contributed by atoms with Gasteiger partial charge in [-0.05, 0) is 35.6 Å². The summed E-state index contributed by atoms with van der Waals surface area (Å²) in [5, 5.41) is 3.03. The standard InChI is InChI=1S/C37H38N4O/c1-2-3-23-41-34(36(30-15-9-5-10-16-30)39-37(41)31-17-11-6-12-18-31)27-40(25-28-13-7-4-8-14-28)26-29-19-21-33-32(24-29)20-22-35(42)38-33/h4-19,21,24H,2-3,20,22-23,25-27H2,1H3,(H,38,42). The first-order valence-corrected chi connectivity index (χ1v) is 15.1. The molecule has 42 heavy (non-hydrogen) atoms. The highest BCUT2D eigenvalue weighted by Gasteiger charge is 2.23. The number of carbonyl (C=O) groups excluding carboxylic acids is 1. The number of rotatable bonds is 11. The van der Waals surface area contributed by atoms with Gasteiger partial charge in [0, 0.05) is 49.4 Å². The number of fused-ring (bicyclic) bond motifs is 1. The zero-order chi connectivity index (χ0) is 28.7. The van der Waals surface area contributed by atoms with Gasteiger partial charge in [0.05, 0.1) is 11.4 Å². The van der Waals surface area contributed by atoms with Crippen LogP contribution in [0.15, 0.2) is 109 Å². The van der Waals surface area contributed by atoms with Crippen molar-refractivity contribution in [3.8, 4) is 22.6 Å². The predicted molar refractivity (Wildman–Crippen MR) is 171 cm³/mol. The van der Waals surface area contributed by atoms with Crippen LogP contribution < -0.4 is 5.32 Å². The van der Waals surface area contributed by atoms with Crippen LogP contribution in [-0.2, 0) is 37.4 Å². The van der Waals surface area contributed by atoms with Crippen LogP contribution >= 0.6 is 0 Å². The summed E-state index contributed by atoms with van der Waals surface area (Å²) in [4.78, 5) is 19.8. The van der Waals surface area contributed by atoms with E-state index in [1.165, 1.54) is 22.4 Å². The zero-order valence-electron chi connectivity index (χ0n) is 24.3. The van der Waals surface area contributed by atoms with Gasteiger partial charge >= 0.3 is 0 Å². The van der Waals surface area contributed by atoms with Crippen LogP contribution in [0.25, 0.3) is 22.6 Å². The molecule has 1 aromatic heterocycles. The number of anilines is 1. The van der Waals surface area contributed by atoms with E-state index in [9.17, 15) is 4.79 Å². The maximum atomic E-state index is 11.9. The molecule has 0 atom stereocenters. The van der Waals surface area contributed by atoms with E-state index in [1.54, 1.807) is 0 Å². The summed E-state index contributed by atoms with van der Waals surface area (Å²) in [6.45, 7) is 5.55. The van der Waals surface area contributed by atoms with Crippen molar-refractivity contribution >= 4 is 11.6 Å². The number of carbonyl (C=O) groups is 1. The van der Waals surface area contributed by atoms with E-state index in [0.717, 1.165) is 73.8 Å². The minimum atomic E-state index is 0.101. The summed E-state index contributed by atoms with van der Waals surface area (Å²) in [5.41, 5.74) is 9.29. The number of hydrogen-bond acceptors (Lipinski definition) is 3. The van der Waals surface area contributed by atoms with Crippen LogP contribution in [0.3, 0.4) is 0 Å². The van der Waals surface area contributed by atoms with E-state index >= 15 is 0 Å². The number of unbranched alkanes of at least 4 members (excludes halogenated alkanes) is 1. The number of amides is 1. The third kappa shape index (κ3) is 6.37. The Balaban J connectivity index is 1.42. The van der Waals surface area contributed by atoms with Crippen LogP contribution in [0.2, 0.25) is 0 Å². The van der Waals surface area contributed by atoms with Crippen molar-refractivity contribution in [1.82, 2.24) is 14.5 Å². The molecule has 212 valence electrons. The largest absolute Gasteiger partial charge is 0.326 e. The highest BCUT2D eigenvalue weighted by atomic mass is 16.1. The molecule has 1 amide bonds. The molecule has 0 saturated heterocycles. The fraction of sp³-hybridized carbons (Fsp3) is 0.243. The SMILES string of the molecule is CCCCn1c(-c2ccccc2)nc(-c2ccccc2)c1CN(Cc1ccccc1)Cc1ccc2c(c1)CCC(=O)N2. The average Bonchev–Trinajstić information content (AvgIpc) is 3.39. The summed E-state index contributed by atoms with van der Waals surface area (Å²) in [6, 6.07) is 38.4. The van der Waals surface area contributed by atoms with E-state index in [0.29, 0.717) is 6.42 Å². The Hall–Kier alpha value is -4.48. The summed E-state index contributed by atoms with van der Waals surface area (Å²) in [7, 11) is 0. The molecule has 0 fully saturated rings. The number of aromatic nitrogens is 2. The molecule has 0 saturated carbocycles. The average molecular weight is 555 g/mol. The first-order chi connectivity index (χ1) is 20.7. The Morgan fingerprint density at radius 3 is 2.14 bits per heavy atom. The highest BCUT2D eigenvalue weighted by molar-refractivity contribution is 5.93. The van der Waals surface area contributed by atoms with Crippen LogP contribution in [0.5, 0.6) is 0 Å². The molecule has 5 aromatic rings. The lowest BCUT2D eigenvalue weighted by molar-refractivity contribution is -0.116. The van der Waals surface area contributed by atoms with Crippen molar-refractivity contribution in [1.29, 1.82) is 0 Å². The van der Waals surface area contributed by atoms with Crippen molar-refractivity contribution in [3.63, 3.8) is 0 Å². The second-order valence-corrected chi connectivity index (χ2v) is 11.1. The van der Waals surface area contributed by atoms with Gasteiger partial charge < -0.3 is 9.88 Å². The van der Waals surface area contributed by atoms with E-state index in [2.05, 4.69) is 131 Å².